The molecule has 0 unspecified atom stereocenters. The molecule has 6 heteroatoms. The van der Waals surface area contributed by atoms with Gasteiger partial charge < -0.3 is 10.6 Å². The average Bonchev–Trinajstić information content (AvgIpc) is 2.81. The number of anilines is 1. The predicted molar refractivity (Wildman–Crippen MR) is 72.9 cm³/mol. The molecule has 0 radical (unpaired) electrons. The third-order valence-corrected chi connectivity index (χ3v) is 2.67. The van der Waals surface area contributed by atoms with E-state index in [0.717, 1.165) is 11.4 Å². The summed E-state index contributed by atoms with van der Waals surface area (Å²) in [6.45, 7) is 2.27. The minimum Gasteiger partial charge on any atom is -0.373 e. The average molecular weight is 259 g/mol. The minimum atomic E-state index is -0.132. The predicted octanol–water partition coefficient (Wildman–Crippen LogP) is 1.10. The van der Waals surface area contributed by atoms with Crippen LogP contribution in [0.3, 0.4) is 0 Å². The number of amides is 1. The molecule has 0 saturated heterocycles. The molecular weight excluding hydrogens is 242 g/mol. The van der Waals surface area contributed by atoms with Gasteiger partial charge in [-0.25, -0.2) is 4.98 Å². The van der Waals surface area contributed by atoms with Crippen LogP contribution in [0.5, 0.6) is 0 Å². The molecule has 6 nitrogen and oxygen atoms in total. The lowest BCUT2D eigenvalue weighted by molar-refractivity contribution is 0.0950. The highest BCUT2D eigenvalue weighted by Crippen LogP contribution is 2.09. The third-order valence-electron chi connectivity index (χ3n) is 2.67. The van der Waals surface area contributed by atoms with Crippen molar-refractivity contribution in [2.24, 2.45) is 7.05 Å². The van der Waals surface area contributed by atoms with Crippen LogP contribution >= 0.6 is 0 Å². The van der Waals surface area contributed by atoms with Crippen molar-refractivity contribution in [2.75, 3.05) is 12.4 Å². The second kappa shape index (κ2) is 5.51. The topological polar surface area (TPSA) is 71.8 Å². The molecule has 2 heterocycles. The maximum Gasteiger partial charge on any atom is 0.251 e. The standard InChI is InChI=1S/C13H17N5O/c1-9-6-10(7-12(14-2)16-9)13(19)15-8-11-4-5-18(3)17-11/h4-7H,8H2,1-3H3,(H,14,16)(H,15,19). The quantitative estimate of drug-likeness (QED) is 0.862. The highest BCUT2D eigenvalue weighted by atomic mass is 16.1. The Labute approximate surface area is 111 Å². The first kappa shape index (κ1) is 13.1. The van der Waals surface area contributed by atoms with Gasteiger partial charge in [-0.15, -0.1) is 0 Å². The summed E-state index contributed by atoms with van der Waals surface area (Å²) < 4.78 is 1.71. The number of pyridine rings is 1. The van der Waals surface area contributed by atoms with Gasteiger partial charge in [-0.05, 0) is 25.1 Å². The largest absolute Gasteiger partial charge is 0.373 e. The molecular formula is C13H17N5O. The summed E-state index contributed by atoms with van der Waals surface area (Å²) in [6.07, 6.45) is 1.84. The van der Waals surface area contributed by atoms with Crippen molar-refractivity contribution in [3.63, 3.8) is 0 Å². The Hall–Kier alpha value is -2.37. The zero-order chi connectivity index (χ0) is 13.8. The number of nitrogens with zero attached hydrogens (tertiary/aromatic N) is 3. The Morgan fingerprint density at radius 3 is 2.84 bits per heavy atom. The molecule has 0 aromatic carbocycles. The second-order valence-electron chi connectivity index (χ2n) is 4.30. The van der Waals surface area contributed by atoms with Crippen molar-refractivity contribution in [1.29, 1.82) is 0 Å². The normalized spacial score (nSPS) is 10.3. The van der Waals surface area contributed by atoms with E-state index in [0.29, 0.717) is 17.9 Å². The maximum absolute atomic E-state index is 12.0. The molecule has 0 aliphatic heterocycles. The number of carbonyl (C=O) groups is 1. The fourth-order valence-corrected chi connectivity index (χ4v) is 1.76. The summed E-state index contributed by atoms with van der Waals surface area (Å²) in [5, 5.41) is 9.98. The Morgan fingerprint density at radius 2 is 2.21 bits per heavy atom. The zero-order valence-electron chi connectivity index (χ0n) is 11.3. The molecule has 0 fully saturated rings. The van der Waals surface area contributed by atoms with E-state index in [1.54, 1.807) is 23.9 Å². The fraction of sp³-hybridized carbons (Fsp3) is 0.308. The highest BCUT2D eigenvalue weighted by molar-refractivity contribution is 5.94. The summed E-state index contributed by atoms with van der Waals surface area (Å²) in [5.74, 6) is 0.552. The number of hydrogen-bond acceptors (Lipinski definition) is 4. The monoisotopic (exact) mass is 259 g/mol. The third kappa shape index (κ3) is 3.31. The first-order chi connectivity index (χ1) is 9.08. The summed E-state index contributed by atoms with van der Waals surface area (Å²) in [7, 11) is 3.62. The Bertz CT molecular complexity index is 590. The van der Waals surface area contributed by atoms with Crippen LogP contribution in [-0.2, 0) is 13.6 Å². The number of rotatable bonds is 4. The summed E-state index contributed by atoms with van der Waals surface area (Å²) in [5.41, 5.74) is 2.22. The Morgan fingerprint density at radius 1 is 1.42 bits per heavy atom. The van der Waals surface area contributed by atoms with E-state index in [1.165, 1.54) is 0 Å². The SMILES string of the molecule is CNc1cc(C(=O)NCc2ccn(C)n2)cc(C)n1. The van der Waals surface area contributed by atoms with Crippen LogP contribution in [-0.4, -0.2) is 27.7 Å². The van der Waals surface area contributed by atoms with E-state index < -0.39 is 0 Å². The van der Waals surface area contributed by atoms with Gasteiger partial charge in [0.2, 0.25) is 0 Å². The summed E-state index contributed by atoms with van der Waals surface area (Å²) >= 11 is 0. The van der Waals surface area contributed by atoms with Crippen LogP contribution in [0.1, 0.15) is 21.7 Å². The Balaban J connectivity index is 2.05. The molecule has 2 aromatic heterocycles. The van der Waals surface area contributed by atoms with Crippen LogP contribution in [0.4, 0.5) is 5.82 Å². The number of nitrogens with one attached hydrogen (secondary N) is 2. The molecule has 2 N–H and O–H groups in total. The van der Waals surface area contributed by atoms with Crippen LogP contribution in [0, 0.1) is 6.92 Å². The van der Waals surface area contributed by atoms with Crippen LogP contribution in [0.25, 0.3) is 0 Å². The second-order valence-corrected chi connectivity index (χ2v) is 4.30. The van der Waals surface area contributed by atoms with Gasteiger partial charge in [0.15, 0.2) is 0 Å². The van der Waals surface area contributed by atoms with Gasteiger partial charge in [-0.3, -0.25) is 9.48 Å². The van der Waals surface area contributed by atoms with Crippen LogP contribution in [0.15, 0.2) is 24.4 Å². The van der Waals surface area contributed by atoms with Gasteiger partial charge in [-0.1, -0.05) is 0 Å². The van der Waals surface area contributed by atoms with E-state index in [9.17, 15) is 4.79 Å². The van der Waals surface area contributed by atoms with Gasteiger partial charge in [0.05, 0.1) is 12.2 Å². The van der Waals surface area contributed by atoms with Crippen LogP contribution in [0.2, 0.25) is 0 Å². The molecule has 0 spiro atoms. The fourth-order valence-electron chi connectivity index (χ4n) is 1.76. The molecule has 1 amide bonds. The number of carbonyl (C=O) groups excluding carboxylic acids is 1. The van der Waals surface area contributed by atoms with E-state index >= 15 is 0 Å². The molecule has 0 saturated carbocycles. The van der Waals surface area contributed by atoms with Crippen molar-refractivity contribution < 1.29 is 4.79 Å². The molecule has 19 heavy (non-hydrogen) atoms. The minimum absolute atomic E-state index is 0.132. The molecule has 0 bridgehead atoms. The highest BCUT2D eigenvalue weighted by Gasteiger charge is 2.08. The van der Waals surface area contributed by atoms with Crippen molar-refractivity contribution in [2.45, 2.75) is 13.5 Å². The van der Waals surface area contributed by atoms with Crippen molar-refractivity contribution in [3.05, 3.63) is 41.3 Å². The Kier molecular flexibility index (Phi) is 3.79. The van der Waals surface area contributed by atoms with Gasteiger partial charge in [-0.2, -0.15) is 5.10 Å². The van der Waals surface area contributed by atoms with Gasteiger partial charge in [0.25, 0.3) is 5.91 Å². The van der Waals surface area contributed by atoms with Crippen molar-refractivity contribution in [3.8, 4) is 0 Å². The van der Waals surface area contributed by atoms with Crippen molar-refractivity contribution in [1.82, 2.24) is 20.1 Å². The van der Waals surface area contributed by atoms with Gasteiger partial charge >= 0.3 is 0 Å². The van der Waals surface area contributed by atoms with E-state index in [2.05, 4.69) is 20.7 Å². The lowest BCUT2D eigenvalue weighted by Crippen LogP contribution is -2.23. The van der Waals surface area contributed by atoms with E-state index in [1.807, 2.05) is 26.2 Å². The van der Waals surface area contributed by atoms with E-state index in [-0.39, 0.29) is 5.91 Å². The first-order valence-electron chi connectivity index (χ1n) is 6.01. The number of aromatic nitrogens is 3. The molecule has 2 rings (SSSR count). The van der Waals surface area contributed by atoms with Gasteiger partial charge in [0, 0.05) is 31.5 Å². The zero-order valence-corrected chi connectivity index (χ0v) is 11.3. The van der Waals surface area contributed by atoms with Gasteiger partial charge in [0.1, 0.15) is 5.82 Å². The molecule has 0 aliphatic carbocycles. The summed E-state index contributed by atoms with van der Waals surface area (Å²) in [4.78, 5) is 16.3. The number of hydrogen-bond donors (Lipinski definition) is 2. The first-order valence-corrected chi connectivity index (χ1v) is 6.01. The molecule has 0 atom stereocenters. The van der Waals surface area contributed by atoms with Crippen molar-refractivity contribution >= 4 is 11.7 Å². The molecule has 2 aromatic rings. The molecule has 100 valence electrons. The smallest absolute Gasteiger partial charge is 0.251 e. The lowest BCUT2D eigenvalue weighted by Gasteiger charge is -2.07. The molecule has 0 aliphatic rings. The van der Waals surface area contributed by atoms with E-state index in [4.69, 9.17) is 0 Å². The summed E-state index contributed by atoms with van der Waals surface area (Å²) in [6, 6.07) is 5.35. The lowest BCUT2D eigenvalue weighted by atomic mass is 10.2. The van der Waals surface area contributed by atoms with Crippen LogP contribution < -0.4 is 10.6 Å². The number of aryl methyl sites for hydroxylation is 2. The maximum atomic E-state index is 12.0.